The maximum atomic E-state index is 9.03. The Balaban J connectivity index is 0.000000187. The monoisotopic (exact) mass is 218 g/mol. The molecule has 2 N–H and O–H groups in total. The Kier molecular flexibility index (Phi) is 4.30. The van der Waals surface area contributed by atoms with Crippen molar-refractivity contribution >= 4 is 10.0 Å². The van der Waals surface area contributed by atoms with Crippen molar-refractivity contribution in [3.63, 3.8) is 0 Å². The van der Waals surface area contributed by atoms with Crippen LogP contribution in [-0.4, -0.2) is 14.1 Å². The number of imidazole rings is 1. The molecular weight excluding hydrogens is 212 g/mol. The Bertz CT molecular complexity index is 272. The molecule has 5 nitrogen and oxygen atoms in total. The fourth-order valence-electron chi connectivity index (χ4n) is 0.344. The van der Waals surface area contributed by atoms with Gasteiger partial charge in [0.05, 0.1) is 0 Å². The zero-order chi connectivity index (χ0) is 8.91. The SMILES string of the molecule is Cc1ncc[nH]1.[O]=[Cr](=[O])([OH])[Cl]. The molecule has 0 saturated carbocycles. The van der Waals surface area contributed by atoms with Gasteiger partial charge in [-0.3, -0.25) is 0 Å². The van der Waals surface area contributed by atoms with Crippen molar-refractivity contribution in [3.8, 4) is 0 Å². The topological polar surface area (TPSA) is 83.0 Å². The molecule has 0 aliphatic carbocycles. The number of aromatic amines is 1. The molecule has 0 radical (unpaired) electrons. The molecule has 0 fully saturated rings. The van der Waals surface area contributed by atoms with E-state index in [1.54, 1.807) is 12.4 Å². The molecule has 0 atom stereocenters. The van der Waals surface area contributed by atoms with Gasteiger partial charge in [0.25, 0.3) is 0 Å². The standard InChI is InChI=1S/C4H6N2.ClH.Cr.H2O.2O/c1-4-5-2-3-6-4;;;;;/h2-3H,1H3,(H,5,6);1H;;1H2;;/q;;+2;;;/p-2. The Hall–Kier alpha value is -0.408. The van der Waals surface area contributed by atoms with Gasteiger partial charge in [0.15, 0.2) is 0 Å². The third-order valence-corrected chi connectivity index (χ3v) is 0.635. The van der Waals surface area contributed by atoms with Crippen molar-refractivity contribution in [1.82, 2.24) is 9.97 Å². The van der Waals surface area contributed by atoms with Gasteiger partial charge < -0.3 is 4.98 Å². The quantitative estimate of drug-likeness (QED) is 0.668. The molecule has 0 saturated heterocycles. The first kappa shape index (κ1) is 10.6. The molecule has 0 aliphatic rings. The van der Waals surface area contributed by atoms with Gasteiger partial charge in [-0.05, 0) is 6.92 Å². The molecule has 0 aromatic carbocycles. The van der Waals surface area contributed by atoms with Crippen molar-refractivity contribution in [2.45, 2.75) is 6.92 Å². The van der Waals surface area contributed by atoms with Crippen LogP contribution in [0.15, 0.2) is 12.4 Å². The molecule has 0 bridgehead atoms. The van der Waals surface area contributed by atoms with Gasteiger partial charge in [-0.25, -0.2) is 4.98 Å². The first-order chi connectivity index (χ1) is 4.89. The number of H-pyrrole nitrogens is 1. The molecule has 1 aromatic heterocycles. The van der Waals surface area contributed by atoms with Gasteiger partial charge >= 0.3 is 34.2 Å². The van der Waals surface area contributed by atoms with Gasteiger partial charge in [-0.15, -0.1) is 0 Å². The van der Waals surface area contributed by atoms with E-state index in [9.17, 15) is 0 Å². The van der Waals surface area contributed by atoms with Crippen LogP contribution in [0.1, 0.15) is 5.82 Å². The van der Waals surface area contributed by atoms with E-state index in [0.717, 1.165) is 5.82 Å². The predicted molar refractivity (Wildman–Crippen MR) is 32.8 cm³/mol. The fraction of sp³-hybridized carbons (Fsp3) is 0.250. The molecule has 7 heteroatoms. The number of halogens is 1. The van der Waals surface area contributed by atoms with Gasteiger partial charge in [0.1, 0.15) is 5.82 Å². The zero-order valence-corrected chi connectivity index (χ0v) is 7.68. The van der Waals surface area contributed by atoms with Gasteiger partial charge in [0, 0.05) is 12.4 Å². The summed E-state index contributed by atoms with van der Waals surface area (Å²) < 4.78 is 25.4. The summed E-state index contributed by atoms with van der Waals surface area (Å²) in [5.74, 6) is 0.968. The van der Waals surface area contributed by atoms with Gasteiger partial charge in [-0.2, -0.15) is 0 Å². The number of hydrogen-bond acceptors (Lipinski definition) is 3. The maximum absolute atomic E-state index is 9.03. The molecule has 64 valence electrons. The van der Waals surface area contributed by atoms with E-state index >= 15 is 0 Å². The van der Waals surface area contributed by atoms with E-state index in [1.165, 1.54) is 0 Å². The number of hydrogen-bond donors (Lipinski definition) is 2. The van der Waals surface area contributed by atoms with Crippen LogP contribution in [-0.2, 0) is 20.0 Å². The summed E-state index contributed by atoms with van der Waals surface area (Å²) in [5.41, 5.74) is 0. The molecule has 1 heterocycles. The summed E-state index contributed by atoms with van der Waals surface area (Å²) in [6.45, 7) is 1.92. The second kappa shape index (κ2) is 4.47. The minimum atomic E-state index is -4.78. The molecule has 11 heavy (non-hydrogen) atoms. The van der Waals surface area contributed by atoms with E-state index in [0.29, 0.717) is 0 Å². The summed E-state index contributed by atoms with van der Waals surface area (Å²) in [7, 11) is 4.13. The molecule has 0 amide bonds. The van der Waals surface area contributed by atoms with Crippen LogP contribution >= 0.6 is 10.0 Å². The van der Waals surface area contributed by atoms with Crippen LogP contribution in [0.3, 0.4) is 0 Å². The average Bonchev–Trinajstić information content (AvgIpc) is 2.12. The number of nitrogens with one attached hydrogen (secondary N) is 1. The third-order valence-electron chi connectivity index (χ3n) is 0.635. The van der Waals surface area contributed by atoms with E-state index in [2.05, 4.69) is 20.0 Å². The van der Waals surface area contributed by atoms with Crippen molar-refractivity contribution in [3.05, 3.63) is 18.2 Å². The molecule has 0 aliphatic heterocycles. The Labute approximate surface area is 69.7 Å². The van der Waals surface area contributed by atoms with E-state index < -0.39 is 12.4 Å². The van der Waals surface area contributed by atoms with Crippen LogP contribution in [0.5, 0.6) is 0 Å². The third kappa shape index (κ3) is 12.7. The van der Waals surface area contributed by atoms with Gasteiger partial charge in [-0.1, -0.05) is 0 Å². The van der Waals surface area contributed by atoms with Crippen molar-refractivity contribution in [2.24, 2.45) is 0 Å². The van der Waals surface area contributed by atoms with Crippen molar-refractivity contribution in [1.29, 1.82) is 0 Å². The van der Waals surface area contributed by atoms with E-state index in [-0.39, 0.29) is 0 Å². The van der Waals surface area contributed by atoms with Crippen LogP contribution < -0.4 is 0 Å². The van der Waals surface area contributed by atoms with E-state index in [4.69, 9.17) is 11.8 Å². The van der Waals surface area contributed by atoms with Gasteiger partial charge in [0.2, 0.25) is 0 Å². The van der Waals surface area contributed by atoms with Crippen LogP contribution in [0.2, 0.25) is 0 Å². The minimum absolute atomic E-state index is 0.968. The zero-order valence-electron chi connectivity index (χ0n) is 5.65. The normalized spacial score (nSPS) is 10.1. The first-order valence-corrected chi connectivity index (χ1v) is 5.89. The Morgan fingerprint density at radius 3 is 2.27 bits per heavy atom. The second-order valence-corrected chi connectivity index (χ2v) is 4.48. The molecule has 0 spiro atoms. The summed E-state index contributed by atoms with van der Waals surface area (Å²) in [4.78, 5) is 6.75. The first-order valence-electron chi connectivity index (χ1n) is 2.52. The fourth-order valence-corrected chi connectivity index (χ4v) is 0.344. The average molecular weight is 219 g/mol. The Morgan fingerprint density at radius 1 is 1.73 bits per heavy atom. The van der Waals surface area contributed by atoms with E-state index in [1.807, 2.05) is 6.92 Å². The Morgan fingerprint density at radius 2 is 2.18 bits per heavy atom. The molecule has 1 aromatic rings. The van der Waals surface area contributed by atoms with Crippen molar-refractivity contribution in [2.75, 3.05) is 0 Å². The molecule has 1 rings (SSSR count). The summed E-state index contributed by atoms with van der Waals surface area (Å²) in [5, 5.41) is 0. The molecular formula is C4H7ClCrN2O3. The van der Waals surface area contributed by atoms with Crippen LogP contribution in [0.4, 0.5) is 0 Å². The number of rotatable bonds is 0. The number of nitrogens with zero attached hydrogens (tertiary/aromatic N) is 1. The number of aromatic nitrogens is 2. The van der Waals surface area contributed by atoms with Crippen LogP contribution in [0, 0.1) is 6.92 Å². The summed E-state index contributed by atoms with van der Waals surface area (Å²) in [6.07, 6.45) is 3.53. The summed E-state index contributed by atoms with van der Waals surface area (Å²) >= 11 is -4.78. The van der Waals surface area contributed by atoms with Crippen molar-refractivity contribution < 1.29 is 24.1 Å². The predicted octanol–water partition coefficient (Wildman–Crippen LogP) is 0.611. The second-order valence-electron chi connectivity index (χ2n) is 1.59. The summed E-state index contributed by atoms with van der Waals surface area (Å²) in [6, 6.07) is 0. The number of aryl methyl sites for hydroxylation is 1. The molecule has 0 unspecified atom stereocenters. The van der Waals surface area contributed by atoms with Crippen LogP contribution in [0.25, 0.3) is 0 Å².